The molecule has 2 atom stereocenters. The average Bonchev–Trinajstić information content (AvgIpc) is 2.39. The molecule has 2 rings (SSSR count). The number of aliphatic hydroxyl groups is 1. The third-order valence-corrected chi connectivity index (χ3v) is 3.69. The average molecular weight is 263 g/mol. The van der Waals surface area contributed by atoms with E-state index in [1.54, 1.807) is 6.92 Å². The molecule has 0 fully saturated rings. The molecule has 0 heterocycles. The minimum absolute atomic E-state index is 0.299. The maximum absolute atomic E-state index is 9.24. The summed E-state index contributed by atoms with van der Waals surface area (Å²) in [6.45, 7) is 5.51. The number of hydrogen-bond acceptors (Lipinski definition) is 3. The van der Waals surface area contributed by atoms with E-state index < -0.39 is 0 Å². The van der Waals surface area contributed by atoms with Crippen molar-refractivity contribution in [2.75, 3.05) is 13.2 Å². The number of aliphatic hydroxyl groups excluding tert-OH is 1. The Morgan fingerprint density at radius 1 is 1.47 bits per heavy atom. The van der Waals surface area contributed by atoms with Crippen LogP contribution in [0.1, 0.15) is 50.3 Å². The summed E-state index contributed by atoms with van der Waals surface area (Å²) in [5.41, 5.74) is 2.84. The molecule has 1 aliphatic rings. The summed E-state index contributed by atoms with van der Waals surface area (Å²) >= 11 is 0. The van der Waals surface area contributed by atoms with Gasteiger partial charge in [0, 0.05) is 12.5 Å². The fourth-order valence-electron chi connectivity index (χ4n) is 2.67. The first-order valence-electron chi connectivity index (χ1n) is 7.37. The number of hydrogen-bond donors (Lipinski definition) is 2. The zero-order chi connectivity index (χ0) is 13.7. The maximum Gasteiger partial charge on any atom is 0.119 e. The van der Waals surface area contributed by atoms with Crippen LogP contribution in [0.4, 0.5) is 0 Å². The van der Waals surface area contributed by atoms with Gasteiger partial charge < -0.3 is 15.2 Å². The molecule has 3 nitrogen and oxygen atoms in total. The zero-order valence-electron chi connectivity index (χ0n) is 12.0. The molecular weight excluding hydrogens is 238 g/mol. The van der Waals surface area contributed by atoms with E-state index in [0.717, 1.165) is 12.3 Å². The molecule has 1 aliphatic carbocycles. The second kappa shape index (κ2) is 6.92. The minimum Gasteiger partial charge on any atom is -0.493 e. The van der Waals surface area contributed by atoms with E-state index in [1.807, 2.05) is 0 Å². The Morgan fingerprint density at radius 2 is 2.32 bits per heavy atom. The van der Waals surface area contributed by atoms with Crippen molar-refractivity contribution in [2.24, 2.45) is 0 Å². The van der Waals surface area contributed by atoms with Crippen LogP contribution < -0.4 is 10.1 Å². The van der Waals surface area contributed by atoms with Crippen molar-refractivity contribution in [1.29, 1.82) is 0 Å². The normalized spacial score (nSPS) is 19.8. The van der Waals surface area contributed by atoms with Gasteiger partial charge in [0.25, 0.3) is 0 Å². The molecule has 0 aliphatic heterocycles. The maximum atomic E-state index is 9.24. The Kier molecular flexibility index (Phi) is 5.23. The topological polar surface area (TPSA) is 41.5 Å². The molecule has 1 aromatic rings. The second-order valence-corrected chi connectivity index (χ2v) is 5.35. The lowest BCUT2D eigenvalue weighted by atomic mass is 9.87. The lowest BCUT2D eigenvalue weighted by molar-refractivity contribution is 0.155. The first-order valence-corrected chi connectivity index (χ1v) is 7.37. The summed E-state index contributed by atoms with van der Waals surface area (Å²) in [5, 5.41) is 12.8. The van der Waals surface area contributed by atoms with Gasteiger partial charge in [-0.3, -0.25) is 0 Å². The summed E-state index contributed by atoms with van der Waals surface area (Å²) in [6, 6.07) is 6.88. The van der Waals surface area contributed by atoms with Crippen molar-refractivity contribution in [1.82, 2.24) is 5.32 Å². The molecule has 0 saturated carbocycles. The first kappa shape index (κ1) is 14.4. The Labute approximate surface area is 116 Å². The molecular formula is C16H25NO2. The number of rotatable bonds is 6. The van der Waals surface area contributed by atoms with Gasteiger partial charge in [-0.2, -0.15) is 0 Å². The van der Waals surface area contributed by atoms with Gasteiger partial charge in [0.05, 0.1) is 12.7 Å². The Hall–Kier alpha value is -1.06. The van der Waals surface area contributed by atoms with E-state index in [9.17, 15) is 5.11 Å². The smallest absolute Gasteiger partial charge is 0.119 e. The number of ether oxygens (including phenoxy) is 1. The van der Waals surface area contributed by atoms with Gasteiger partial charge in [-0.1, -0.05) is 13.0 Å². The SMILES string of the molecule is CCNC1CCCc2ccc(OCCC(C)O)cc21. The summed E-state index contributed by atoms with van der Waals surface area (Å²) in [5.74, 6) is 0.921. The number of benzene rings is 1. The zero-order valence-corrected chi connectivity index (χ0v) is 12.0. The minimum atomic E-state index is -0.299. The van der Waals surface area contributed by atoms with Gasteiger partial charge in [-0.05, 0) is 56.0 Å². The highest BCUT2D eigenvalue weighted by Gasteiger charge is 2.19. The van der Waals surface area contributed by atoms with E-state index in [-0.39, 0.29) is 6.10 Å². The standard InChI is InChI=1S/C16H25NO2/c1-3-17-16-6-4-5-13-7-8-14(11-15(13)16)19-10-9-12(2)18/h7-8,11-12,16-18H,3-6,9-10H2,1-2H3. The molecule has 2 unspecified atom stereocenters. The molecule has 0 aromatic heterocycles. The fourth-order valence-corrected chi connectivity index (χ4v) is 2.67. The van der Waals surface area contributed by atoms with Crippen LogP contribution >= 0.6 is 0 Å². The molecule has 0 bridgehead atoms. The van der Waals surface area contributed by atoms with Crippen LogP contribution in [0.15, 0.2) is 18.2 Å². The third kappa shape index (κ3) is 3.95. The summed E-state index contributed by atoms with van der Waals surface area (Å²) < 4.78 is 5.72. The summed E-state index contributed by atoms with van der Waals surface area (Å²) in [7, 11) is 0. The van der Waals surface area contributed by atoms with Gasteiger partial charge in [0.15, 0.2) is 0 Å². The predicted molar refractivity (Wildman–Crippen MR) is 77.6 cm³/mol. The third-order valence-electron chi connectivity index (χ3n) is 3.69. The van der Waals surface area contributed by atoms with E-state index >= 15 is 0 Å². The van der Waals surface area contributed by atoms with Gasteiger partial charge in [0.2, 0.25) is 0 Å². The molecule has 106 valence electrons. The van der Waals surface area contributed by atoms with Crippen molar-refractivity contribution >= 4 is 0 Å². The molecule has 0 amide bonds. The highest BCUT2D eigenvalue weighted by atomic mass is 16.5. The van der Waals surface area contributed by atoms with Crippen LogP contribution in [0.3, 0.4) is 0 Å². The molecule has 2 N–H and O–H groups in total. The molecule has 0 saturated heterocycles. The van der Waals surface area contributed by atoms with Crippen molar-refractivity contribution in [2.45, 2.75) is 51.7 Å². The van der Waals surface area contributed by atoms with E-state index in [0.29, 0.717) is 19.1 Å². The fraction of sp³-hybridized carbons (Fsp3) is 0.625. The number of nitrogens with one attached hydrogen (secondary N) is 1. The van der Waals surface area contributed by atoms with E-state index in [2.05, 4.69) is 30.4 Å². The highest BCUT2D eigenvalue weighted by molar-refractivity contribution is 5.39. The summed E-state index contributed by atoms with van der Waals surface area (Å²) in [4.78, 5) is 0. The van der Waals surface area contributed by atoms with E-state index in [4.69, 9.17) is 4.74 Å². The predicted octanol–water partition coefficient (Wildman–Crippen LogP) is 2.82. The lowest BCUT2D eigenvalue weighted by Gasteiger charge is -2.26. The van der Waals surface area contributed by atoms with Crippen molar-refractivity contribution in [3.63, 3.8) is 0 Å². The second-order valence-electron chi connectivity index (χ2n) is 5.35. The van der Waals surface area contributed by atoms with Crippen LogP contribution in [0.5, 0.6) is 5.75 Å². The van der Waals surface area contributed by atoms with Crippen LogP contribution in [-0.4, -0.2) is 24.4 Å². The van der Waals surface area contributed by atoms with Crippen molar-refractivity contribution in [3.05, 3.63) is 29.3 Å². The molecule has 3 heteroatoms. The molecule has 19 heavy (non-hydrogen) atoms. The van der Waals surface area contributed by atoms with Crippen molar-refractivity contribution in [3.8, 4) is 5.75 Å². The first-order chi connectivity index (χ1) is 9.20. The van der Waals surface area contributed by atoms with Crippen molar-refractivity contribution < 1.29 is 9.84 Å². The molecule has 0 spiro atoms. The molecule has 1 aromatic carbocycles. The Morgan fingerprint density at radius 3 is 3.05 bits per heavy atom. The largest absolute Gasteiger partial charge is 0.493 e. The quantitative estimate of drug-likeness (QED) is 0.829. The van der Waals surface area contributed by atoms with Crippen LogP contribution in [-0.2, 0) is 6.42 Å². The Bertz CT molecular complexity index is 404. The molecule has 0 radical (unpaired) electrons. The lowest BCUT2D eigenvalue weighted by Crippen LogP contribution is -2.24. The van der Waals surface area contributed by atoms with E-state index in [1.165, 1.54) is 30.4 Å². The highest BCUT2D eigenvalue weighted by Crippen LogP contribution is 2.32. The van der Waals surface area contributed by atoms with Gasteiger partial charge in [-0.15, -0.1) is 0 Å². The monoisotopic (exact) mass is 263 g/mol. The number of fused-ring (bicyclic) bond motifs is 1. The Balaban J connectivity index is 2.05. The van der Waals surface area contributed by atoms with Crippen LogP contribution in [0.25, 0.3) is 0 Å². The van der Waals surface area contributed by atoms with Crippen LogP contribution in [0, 0.1) is 0 Å². The van der Waals surface area contributed by atoms with Crippen LogP contribution in [0.2, 0.25) is 0 Å². The summed E-state index contributed by atoms with van der Waals surface area (Å²) in [6.07, 6.45) is 4.01. The van der Waals surface area contributed by atoms with Gasteiger partial charge in [-0.25, -0.2) is 0 Å². The van der Waals surface area contributed by atoms with Gasteiger partial charge in [0.1, 0.15) is 5.75 Å². The van der Waals surface area contributed by atoms with Gasteiger partial charge >= 0.3 is 0 Å². The number of aryl methyl sites for hydroxylation is 1.